The first kappa shape index (κ1) is 19.6. The maximum absolute atomic E-state index is 5.58. The molecule has 2 N–H and O–H groups in total. The molecule has 2 aromatic carbocycles. The summed E-state index contributed by atoms with van der Waals surface area (Å²) in [6, 6.07) is 15.4. The summed E-state index contributed by atoms with van der Waals surface area (Å²) < 4.78 is 13.1. The van der Waals surface area contributed by atoms with E-state index in [1.54, 1.807) is 10.9 Å². The minimum Gasteiger partial charge on any atom is -0.494 e. The largest absolute Gasteiger partial charge is 0.494 e. The minimum absolute atomic E-state index is 0.421. The highest BCUT2D eigenvalue weighted by Crippen LogP contribution is 2.20. The highest BCUT2D eigenvalue weighted by Gasteiger charge is 2.08. The average Bonchev–Trinajstić information content (AvgIpc) is 3.09. The number of aromatic amines is 1. The normalized spacial score (nSPS) is 10.9. The molecule has 0 radical (unpaired) electrons. The van der Waals surface area contributed by atoms with Crippen molar-refractivity contribution in [2.75, 3.05) is 18.7 Å². The van der Waals surface area contributed by atoms with E-state index in [1.807, 2.05) is 55.5 Å². The fourth-order valence-corrected chi connectivity index (χ4v) is 2.65. The third kappa shape index (κ3) is 4.98. The SMILES string of the molecule is CCCOc1ccc(/C=N\Nn2c(-c3ccc(OCC)cc3)n[nH]c2=S)cc1. The molecule has 3 rings (SSSR count). The van der Waals surface area contributed by atoms with E-state index < -0.39 is 0 Å². The summed E-state index contributed by atoms with van der Waals surface area (Å²) in [5.74, 6) is 2.29. The van der Waals surface area contributed by atoms with Gasteiger partial charge in [0.25, 0.3) is 0 Å². The Morgan fingerprint density at radius 2 is 1.75 bits per heavy atom. The summed E-state index contributed by atoms with van der Waals surface area (Å²) in [5, 5.41) is 11.3. The van der Waals surface area contributed by atoms with E-state index in [1.165, 1.54) is 0 Å². The molecule has 0 unspecified atom stereocenters. The second-order valence-corrected chi connectivity index (χ2v) is 6.31. The third-order valence-electron chi connectivity index (χ3n) is 3.82. The third-order valence-corrected chi connectivity index (χ3v) is 4.09. The molecule has 3 aromatic rings. The van der Waals surface area contributed by atoms with Gasteiger partial charge in [-0.1, -0.05) is 6.92 Å². The van der Waals surface area contributed by atoms with Crippen molar-refractivity contribution in [2.24, 2.45) is 5.10 Å². The van der Waals surface area contributed by atoms with Crippen LogP contribution in [0.5, 0.6) is 11.5 Å². The van der Waals surface area contributed by atoms with Gasteiger partial charge >= 0.3 is 0 Å². The molecule has 1 heterocycles. The fraction of sp³-hybridized carbons (Fsp3) is 0.250. The Morgan fingerprint density at radius 3 is 2.43 bits per heavy atom. The van der Waals surface area contributed by atoms with Crippen LogP contribution in [0.25, 0.3) is 11.4 Å². The van der Waals surface area contributed by atoms with E-state index in [4.69, 9.17) is 21.7 Å². The van der Waals surface area contributed by atoms with Crippen LogP contribution in [-0.4, -0.2) is 34.3 Å². The Bertz CT molecular complexity index is 962. The van der Waals surface area contributed by atoms with Crippen LogP contribution < -0.4 is 15.0 Å². The van der Waals surface area contributed by atoms with Crippen LogP contribution in [0.1, 0.15) is 25.8 Å². The fourth-order valence-electron chi connectivity index (χ4n) is 2.48. The highest BCUT2D eigenvalue weighted by molar-refractivity contribution is 7.71. The van der Waals surface area contributed by atoms with Crippen molar-refractivity contribution in [3.05, 3.63) is 58.9 Å². The molecule has 146 valence electrons. The molecule has 0 saturated heterocycles. The molecule has 7 nitrogen and oxygen atoms in total. The number of ether oxygens (including phenoxy) is 2. The number of rotatable bonds is 9. The summed E-state index contributed by atoms with van der Waals surface area (Å²) in [7, 11) is 0. The van der Waals surface area contributed by atoms with Crippen LogP contribution in [0.3, 0.4) is 0 Å². The van der Waals surface area contributed by atoms with Crippen molar-refractivity contribution in [1.29, 1.82) is 0 Å². The van der Waals surface area contributed by atoms with Crippen molar-refractivity contribution in [3.63, 3.8) is 0 Å². The molecule has 1 aromatic heterocycles. The van der Waals surface area contributed by atoms with Gasteiger partial charge in [-0.3, -0.25) is 0 Å². The second kappa shape index (κ2) is 9.70. The molecule has 0 fully saturated rings. The van der Waals surface area contributed by atoms with E-state index in [0.717, 1.165) is 29.0 Å². The second-order valence-electron chi connectivity index (χ2n) is 5.92. The molecule has 28 heavy (non-hydrogen) atoms. The first-order chi connectivity index (χ1) is 13.7. The topological polar surface area (TPSA) is 76.5 Å². The molecule has 0 aliphatic rings. The predicted molar refractivity (Wildman–Crippen MR) is 113 cm³/mol. The molecule has 0 spiro atoms. The van der Waals surface area contributed by atoms with Gasteiger partial charge in [0.15, 0.2) is 5.82 Å². The van der Waals surface area contributed by atoms with Gasteiger partial charge in [0.1, 0.15) is 11.5 Å². The summed E-state index contributed by atoms with van der Waals surface area (Å²) in [4.78, 5) is 0. The Morgan fingerprint density at radius 1 is 1.07 bits per heavy atom. The Hall–Kier alpha value is -3.13. The number of benzene rings is 2. The van der Waals surface area contributed by atoms with E-state index in [-0.39, 0.29) is 0 Å². The highest BCUT2D eigenvalue weighted by atomic mass is 32.1. The molecule has 0 bridgehead atoms. The summed E-state index contributed by atoms with van der Waals surface area (Å²) >= 11 is 5.30. The van der Waals surface area contributed by atoms with E-state index >= 15 is 0 Å². The number of aromatic nitrogens is 3. The van der Waals surface area contributed by atoms with Gasteiger partial charge in [0.05, 0.1) is 19.4 Å². The molecule has 8 heteroatoms. The molecule has 0 aliphatic heterocycles. The minimum atomic E-state index is 0.421. The lowest BCUT2D eigenvalue weighted by atomic mass is 10.2. The number of hydrogen-bond acceptors (Lipinski definition) is 6. The monoisotopic (exact) mass is 397 g/mol. The van der Waals surface area contributed by atoms with E-state index in [0.29, 0.717) is 23.8 Å². The van der Waals surface area contributed by atoms with Crippen molar-refractivity contribution in [2.45, 2.75) is 20.3 Å². The lowest BCUT2D eigenvalue weighted by molar-refractivity contribution is 0.317. The summed E-state index contributed by atoms with van der Waals surface area (Å²) in [6.07, 6.45) is 2.69. The zero-order valence-corrected chi connectivity index (χ0v) is 16.7. The van der Waals surface area contributed by atoms with Gasteiger partial charge in [-0.15, -0.1) is 0 Å². The van der Waals surface area contributed by atoms with E-state index in [2.05, 4.69) is 27.8 Å². The molecular weight excluding hydrogens is 374 g/mol. The molecule has 0 saturated carbocycles. The van der Waals surface area contributed by atoms with Gasteiger partial charge in [-0.25, -0.2) is 10.6 Å². The quantitative estimate of drug-likeness (QED) is 0.318. The van der Waals surface area contributed by atoms with Crippen molar-refractivity contribution < 1.29 is 9.47 Å². The maximum Gasteiger partial charge on any atom is 0.216 e. The van der Waals surface area contributed by atoms with Gasteiger partial charge in [0, 0.05) is 5.56 Å². The average molecular weight is 398 g/mol. The number of hydrazone groups is 1. The van der Waals surface area contributed by atoms with Gasteiger partial charge in [-0.05, 0) is 79.7 Å². The van der Waals surface area contributed by atoms with Gasteiger partial charge in [-0.2, -0.15) is 14.9 Å². The van der Waals surface area contributed by atoms with Crippen molar-refractivity contribution in [1.82, 2.24) is 14.9 Å². The standard InChI is InChI=1S/C20H23N5O2S/c1-3-13-27-18-9-5-15(6-10-18)14-21-24-25-19(22-23-20(25)28)16-7-11-17(12-8-16)26-4-2/h5-12,14,24H,3-4,13H2,1-2H3,(H,23,28)/b21-14-. The first-order valence-corrected chi connectivity index (χ1v) is 9.54. The van der Waals surface area contributed by atoms with Gasteiger partial charge in [0.2, 0.25) is 4.77 Å². The smallest absolute Gasteiger partial charge is 0.216 e. The zero-order valence-electron chi connectivity index (χ0n) is 15.9. The number of nitrogens with one attached hydrogen (secondary N) is 2. The van der Waals surface area contributed by atoms with Crippen molar-refractivity contribution >= 4 is 18.4 Å². The van der Waals surface area contributed by atoms with Crippen molar-refractivity contribution in [3.8, 4) is 22.9 Å². The van der Waals surface area contributed by atoms with Crippen LogP contribution in [0.2, 0.25) is 0 Å². The van der Waals surface area contributed by atoms with Crippen LogP contribution in [0, 0.1) is 4.77 Å². The van der Waals surface area contributed by atoms with Crippen LogP contribution in [0.4, 0.5) is 0 Å². The van der Waals surface area contributed by atoms with E-state index in [9.17, 15) is 0 Å². The maximum atomic E-state index is 5.58. The first-order valence-electron chi connectivity index (χ1n) is 9.14. The lowest BCUT2D eigenvalue weighted by Crippen LogP contribution is -2.10. The molecular formula is C20H23N5O2S. The van der Waals surface area contributed by atoms with Crippen LogP contribution >= 0.6 is 12.2 Å². The van der Waals surface area contributed by atoms with Gasteiger partial charge < -0.3 is 9.47 Å². The number of H-pyrrole nitrogens is 1. The number of nitrogens with zero attached hydrogens (tertiary/aromatic N) is 3. The molecule has 0 atom stereocenters. The Labute approximate surface area is 169 Å². The Kier molecular flexibility index (Phi) is 6.80. The molecule has 0 aliphatic carbocycles. The number of hydrogen-bond donors (Lipinski definition) is 2. The summed E-state index contributed by atoms with van der Waals surface area (Å²) in [5.41, 5.74) is 4.75. The molecule has 0 amide bonds. The van der Waals surface area contributed by atoms with Crippen LogP contribution in [-0.2, 0) is 0 Å². The van der Waals surface area contributed by atoms with Crippen LogP contribution in [0.15, 0.2) is 53.6 Å². The lowest BCUT2D eigenvalue weighted by Gasteiger charge is -2.07. The zero-order chi connectivity index (χ0) is 19.8. The summed E-state index contributed by atoms with van der Waals surface area (Å²) in [6.45, 7) is 5.37. The Balaban J connectivity index is 1.70. The predicted octanol–water partition coefficient (Wildman–Crippen LogP) is 4.37.